The summed E-state index contributed by atoms with van der Waals surface area (Å²) in [7, 11) is 6.40. The van der Waals surface area contributed by atoms with Gasteiger partial charge in [-0.15, -0.1) is 0 Å². The van der Waals surface area contributed by atoms with Gasteiger partial charge in [0.1, 0.15) is 5.75 Å². The molecule has 0 radical (unpaired) electrons. The van der Waals surface area contributed by atoms with Crippen LogP contribution in [-0.2, 0) is 15.8 Å². The lowest BCUT2D eigenvalue weighted by atomic mass is 9.82. The SMILES string of the molecule is COc1ccc(N2C(=O)CCC(C(=O)N(C)C3CCN(c4ccccc4C(F)(F)F)CC3)C2c2ccc(OC)c(OC)c2)cc1. The van der Waals surface area contributed by atoms with E-state index in [-0.39, 0.29) is 30.0 Å². The van der Waals surface area contributed by atoms with Crippen molar-refractivity contribution < 1.29 is 37.0 Å². The van der Waals surface area contributed by atoms with Crippen molar-refractivity contribution in [1.82, 2.24) is 4.90 Å². The third-order valence-corrected chi connectivity index (χ3v) is 8.92. The molecule has 2 atom stereocenters. The van der Waals surface area contributed by atoms with Gasteiger partial charge >= 0.3 is 6.18 Å². The van der Waals surface area contributed by atoms with Crippen molar-refractivity contribution in [3.8, 4) is 17.2 Å². The van der Waals surface area contributed by atoms with E-state index in [9.17, 15) is 22.8 Å². The van der Waals surface area contributed by atoms with Crippen molar-refractivity contribution in [2.45, 2.75) is 43.9 Å². The molecule has 0 bridgehead atoms. The lowest BCUT2D eigenvalue weighted by molar-refractivity contribution is -0.139. The zero-order valence-electron chi connectivity index (χ0n) is 25.8. The molecule has 0 N–H and O–H groups in total. The van der Waals surface area contributed by atoms with Gasteiger partial charge in [0.15, 0.2) is 11.5 Å². The van der Waals surface area contributed by atoms with E-state index >= 15 is 0 Å². The summed E-state index contributed by atoms with van der Waals surface area (Å²) in [5, 5.41) is 0. The molecule has 2 aliphatic rings. The van der Waals surface area contributed by atoms with Gasteiger partial charge in [0.25, 0.3) is 0 Å². The Bertz CT molecular complexity index is 1510. The highest BCUT2D eigenvalue weighted by Gasteiger charge is 2.44. The number of benzene rings is 3. The summed E-state index contributed by atoms with van der Waals surface area (Å²) in [6.45, 7) is 0.769. The monoisotopic (exact) mass is 625 g/mol. The molecule has 45 heavy (non-hydrogen) atoms. The molecule has 8 nitrogen and oxygen atoms in total. The molecule has 2 heterocycles. The van der Waals surface area contributed by atoms with Gasteiger partial charge in [-0.1, -0.05) is 18.2 Å². The van der Waals surface area contributed by atoms with E-state index in [1.165, 1.54) is 19.2 Å². The second-order valence-corrected chi connectivity index (χ2v) is 11.3. The van der Waals surface area contributed by atoms with Crippen LogP contribution in [0.25, 0.3) is 0 Å². The van der Waals surface area contributed by atoms with Crippen LogP contribution in [0.5, 0.6) is 17.2 Å². The van der Waals surface area contributed by atoms with E-state index in [2.05, 4.69) is 0 Å². The molecule has 0 aliphatic carbocycles. The molecule has 3 aromatic carbocycles. The molecular formula is C34H38F3N3O5. The highest BCUT2D eigenvalue weighted by Crippen LogP contribution is 2.44. The Labute approximate surface area is 261 Å². The van der Waals surface area contributed by atoms with Crippen molar-refractivity contribution in [2.24, 2.45) is 5.92 Å². The second-order valence-electron chi connectivity index (χ2n) is 11.3. The van der Waals surface area contributed by atoms with Gasteiger partial charge in [-0.2, -0.15) is 13.2 Å². The number of rotatable bonds is 8. The quantitative estimate of drug-likeness (QED) is 0.291. The van der Waals surface area contributed by atoms with Gasteiger partial charge in [-0.3, -0.25) is 9.59 Å². The van der Waals surface area contributed by atoms with Crippen LogP contribution in [0.3, 0.4) is 0 Å². The number of ether oxygens (including phenoxy) is 3. The summed E-state index contributed by atoms with van der Waals surface area (Å²) in [6.07, 6.45) is -2.88. The van der Waals surface area contributed by atoms with Crippen LogP contribution in [-0.4, -0.2) is 64.2 Å². The van der Waals surface area contributed by atoms with Crippen LogP contribution >= 0.6 is 0 Å². The Morgan fingerprint density at radius 1 is 0.867 bits per heavy atom. The zero-order chi connectivity index (χ0) is 32.3. The maximum atomic E-state index is 14.3. The van der Waals surface area contributed by atoms with Crippen LogP contribution in [0.4, 0.5) is 24.5 Å². The average molecular weight is 626 g/mol. The molecule has 0 aromatic heterocycles. The molecule has 11 heteroatoms. The van der Waals surface area contributed by atoms with Crippen molar-refractivity contribution in [3.63, 3.8) is 0 Å². The van der Waals surface area contributed by atoms with Gasteiger partial charge in [0.2, 0.25) is 11.8 Å². The number of alkyl halides is 3. The highest BCUT2D eigenvalue weighted by molar-refractivity contribution is 5.97. The number of para-hydroxylation sites is 1. The molecule has 240 valence electrons. The topological polar surface area (TPSA) is 71.6 Å². The molecule has 3 aromatic rings. The summed E-state index contributed by atoms with van der Waals surface area (Å²) in [4.78, 5) is 33.0. The Kier molecular flexibility index (Phi) is 9.45. The van der Waals surface area contributed by atoms with Crippen LogP contribution in [0, 0.1) is 5.92 Å². The number of hydrogen-bond acceptors (Lipinski definition) is 6. The first kappa shape index (κ1) is 32.0. The zero-order valence-corrected chi connectivity index (χ0v) is 25.8. The lowest BCUT2D eigenvalue weighted by Crippen LogP contribution is -2.52. The molecule has 2 amide bonds. The third kappa shape index (κ3) is 6.53. The Morgan fingerprint density at radius 3 is 2.16 bits per heavy atom. The summed E-state index contributed by atoms with van der Waals surface area (Å²) in [5.74, 6) is 0.851. The van der Waals surface area contributed by atoms with E-state index in [0.29, 0.717) is 55.3 Å². The number of nitrogens with zero attached hydrogens (tertiary/aromatic N) is 3. The summed E-state index contributed by atoms with van der Waals surface area (Å²) < 4.78 is 57.3. The van der Waals surface area contributed by atoms with Crippen LogP contribution in [0.15, 0.2) is 66.7 Å². The molecule has 2 aliphatic heterocycles. The van der Waals surface area contributed by atoms with Crippen molar-refractivity contribution in [3.05, 3.63) is 77.9 Å². The number of piperidine rings is 2. The predicted molar refractivity (Wildman–Crippen MR) is 165 cm³/mol. The summed E-state index contributed by atoms with van der Waals surface area (Å²) >= 11 is 0. The number of hydrogen-bond donors (Lipinski definition) is 0. The largest absolute Gasteiger partial charge is 0.497 e. The minimum Gasteiger partial charge on any atom is -0.497 e. The van der Waals surface area contributed by atoms with Crippen molar-refractivity contribution in [1.29, 1.82) is 0 Å². The Hall–Kier alpha value is -4.41. The van der Waals surface area contributed by atoms with E-state index in [0.717, 1.165) is 11.6 Å². The highest BCUT2D eigenvalue weighted by atomic mass is 19.4. The minimum atomic E-state index is -4.45. The Morgan fingerprint density at radius 2 is 1.53 bits per heavy atom. The van der Waals surface area contributed by atoms with E-state index in [1.54, 1.807) is 78.4 Å². The number of carbonyl (C=O) groups is 2. The molecule has 5 rings (SSSR count). The van der Waals surface area contributed by atoms with Crippen LogP contribution < -0.4 is 24.0 Å². The average Bonchev–Trinajstić information content (AvgIpc) is 3.07. The summed E-state index contributed by atoms with van der Waals surface area (Å²) in [6, 6.07) is 17.4. The number of anilines is 2. The van der Waals surface area contributed by atoms with Gasteiger partial charge in [-0.05, 0) is 73.4 Å². The molecular weight excluding hydrogens is 587 g/mol. The smallest absolute Gasteiger partial charge is 0.418 e. The lowest BCUT2D eigenvalue weighted by Gasteiger charge is -2.44. The molecule has 0 saturated carbocycles. The van der Waals surface area contributed by atoms with Crippen molar-refractivity contribution in [2.75, 3.05) is 51.3 Å². The van der Waals surface area contributed by atoms with E-state index in [1.807, 2.05) is 6.07 Å². The number of amides is 2. The fourth-order valence-electron chi connectivity index (χ4n) is 6.54. The van der Waals surface area contributed by atoms with Crippen LogP contribution in [0.1, 0.15) is 42.9 Å². The first-order chi connectivity index (χ1) is 21.6. The molecule has 2 saturated heterocycles. The molecule has 2 fully saturated rings. The summed E-state index contributed by atoms with van der Waals surface area (Å²) in [5.41, 5.74) is 0.863. The third-order valence-electron chi connectivity index (χ3n) is 8.92. The minimum absolute atomic E-state index is 0.108. The number of carbonyl (C=O) groups excluding carboxylic acids is 2. The predicted octanol–water partition coefficient (Wildman–Crippen LogP) is 6.34. The van der Waals surface area contributed by atoms with Gasteiger partial charge in [0.05, 0.1) is 38.9 Å². The Balaban J connectivity index is 1.42. The van der Waals surface area contributed by atoms with Crippen LogP contribution in [0.2, 0.25) is 0 Å². The van der Waals surface area contributed by atoms with E-state index in [4.69, 9.17) is 14.2 Å². The van der Waals surface area contributed by atoms with E-state index < -0.39 is 23.7 Å². The number of methoxy groups -OCH3 is 3. The maximum absolute atomic E-state index is 14.3. The van der Waals surface area contributed by atoms with Gasteiger partial charge in [0, 0.05) is 44.0 Å². The normalized spacial score (nSPS) is 19.3. The fourth-order valence-corrected chi connectivity index (χ4v) is 6.54. The standard InChI is InChI=1S/C34H38F3N3O5/c1-38(23-17-19-39(20-18-23)28-8-6-5-7-27(28)34(35,36)37)33(42)26-14-16-31(41)40(24-10-12-25(43-2)13-11-24)32(26)22-9-15-29(44-3)30(21-22)45-4/h5-13,15,21,23,26,32H,14,16-20H2,1-4H3. The molecule has 0 spiro atoms. The van der Waals surface area contributed by atoms with Gasteiger partial charge < -0.3 is 28.9 Å². The van der Waals surface area contributed by atoms with Gasteiger partial charge in [-0.25, -0.2) is 0 Å². The molecule has 2 unspecified atom stereocenters. The second kappa shape index (κ2) is 13.3. The first-order valence-electron chi connectivity index (χ1n) is 14.9. The number of halogens is 3. The van der Waals surface area contributed by atoms with Crippen molar-refractivity contribution >= 4 is 23.2 Å². The first-order valence-corrected chi connectivity index (χ1v) is 14.9. The fraction of sp³-hybridized carbons (Fsp3) is 0.412. The maximum Gasteiger partial charge on any atom is 0.418 e.